The highest BCUT2D eigenvalue weighted by Crippen LogP contribution is 2.51. The summed E-state index contributed by atoms with van der Waals surface area (Å²) in [6.45, 7) is 1.83. The van der Waals surface area contributed by atoms with Crippen LogP contribution in [0.5, 0.6) is 0 Å². The number of nitrogens with zero attached hydrogens (tertiary/aromatic N) is 2. The van der Waals surface area contributed by atoms with Crippen LogP contribution in [0.15, 0.2) is 158 Å². The van der Waals surface area contributed by atoms with Gasteiger partial charge >= 0.3 is 5.97 Å². The summed E-state index contributed by atoms with van der Waals surface area (Å²) in [6, 6.07) is 43.3. The van der Waals surface area contributed by atoms with Crippen LogP contribution < -0.4 is 15.9 Å². The zero-order valence-corrected chi connectivity index (χ0v) is 29.3. The number of hydrogen-bond acceptors (Lipinski definition) is 6. The quantitative estimate of drug-likeness (QED) is 0.0453. The molecule has 2 aliphatic rings. The molecule has 0 N–H and O–H groups in total. The normalized spacial score (nSPS) is 17.2. The van der Waals surface area contributed by atoms with Crippen LogP contribution in [-0.2, 0) is 14.3 Å². The zero-order valence-electron chi connectivity index (χ0n) is 28.4. The van der Waals surface area contributed by atoms with Gasteiger partial charge in [-0.25, -0.2) is 4.79 Å². The SMILES string of the molecule is C=CCOC(=O)C(N1C(=O)[C@@H]([C@H](C)C(=O)c2ccccc2)[C@@H]1N1C(=O)c2ccccc2C1=O)=P(c1ccccc1)(c1ccccc1)c1ccccc1. The number of benzene rings is 5. The molecule has 0 saturated carbocycles. The van der Waals surface area contributed by atoms with Gasteiger partial charge in [0, 0.05) is 18.4 Å². The third-order valence-corrected chi connectivity index (χ3v) is 14.0. The van der Waals surface area contributed by atoms with E-state index in [4.69, 9.17) is 4.74 Å². The number of carbonyl (C=O) groups excluding carboxylic acids is 5. The van der Waals surface area contributed by atoms with Gasteiger partial charge in [-0.15, -0.1) is 0 Å². The van der Waals surface area contributed by atoms with E-state index in [1.807, 2.05) is 91.0 Å². The van der Waals surface area contributed by atoms with Gasteiger partial charge in [0.05, 0.1) is 17.0 Å². The minimum atomic E-state index is -3.37. The topological polar surface area (TPSA) is 101 Å². The molecule has 1 saturated heterocycles. The van der Waals surface area contributed by atoms with E-state index in [1.54, 1.807) is 61.5 Å². The van der Waals surface area contributed by atoms with Crippen LogP contribution in [0.25, 0.3) is 0 Å². The Morgan fingerprint density at radius 2 is 1.12 bits per heavy atom. The maximum atomic E-state index is 15.0. The van der Waals surface area contributed by atoms with E-state index in [1.165, 1.54) is 11.0 Å². The second-order valence-corrected chi connectivity index (χ2v) is 15.9. The summed E-state index contributed by atoms with van der Waals surface area (Å²) in [7, 11) is 0. The lowest BCUT2D eigenvalue weighted by atomic mass is 9.77. The monoisotopic (exact) mass is 706 g/mol. The highest BCUT2D eigenvalue weighted by Gasteiger charge is 2.62. The van der Waals surface area contributed by atoms with Crippen molar-refractivity contribution in [3.63, 3.8) is 0 Å². The molecule has 0 aliphatic carbocycles. The number of esters is 1. The molecular formula is C43H35N2O6P. The van der Waals surface area contributed by atoms with Crippen molar-refractivity contribution in [2.75, 3.05) is 6.61 Å². The molecule has 5 aromatic carbocycles. The minimum absolute atomic E-state index is 0.0138. The predicted octanol–water partition coefficient (Wildman–Crippen LogP) is 5.44. The van der Waals surface area contributed by atoms with Crippen molar-refractivity contribution in [2.24, 2.45) is 11.8 Å². The molecular weight excluding hydrogens is 671 g/mol. The van der Waals surface area contributed by atoms with Crippen molar-refractivity contribution in [1.29, 1.82) is 0 Å². The van der Waals surface area contributed by atoms with Gasteiger partial charge < -0.3 is 4.74 Å². The Morgan fingerprint density at radius 3 is 1.56 bits per heavy atom. The van der Waals surface area contributed by atoms with E-state index in [0.717, 1.165) is 20.8 Å². The van der Waals surface area contributed by atoms with E-state index in [-0.39, 0.29) is 28.9 Å². The van der Waals surface area contributed by atoms with Crippen LogP contribution in [0.3, 0.4) is 0 Å². The van der Waals surface area contributed by atoms with E-state index >= 15 is 4.79 Å². The molecule has 0 bridgehead atoms. The van der Waals surface area contributed by atoms with E-state index in [0.29, 0.717) is 5.56 Å². The summed E-state index contributed by atoms with van der Waals surface area (Å²) >= 11 is 0. The number of amides is 3. The number of ether oxygens (including phenoxy) is 1. The lowest BCUT2D eigenvalue weighted by Gasteiger charge is -2.53. The van der Waals surface area contributed by atoms with Gasteiger partial charge in [-0.3, -0.25) is 29.0 Å². The van der Waals surface area contributed by atoms with Crippen LogP contribution in [0.4, 0.5) is 0 Å². The number of ketones is 1. The van der Waals surface area contributed by atoms with Crippen molar-refractivity contribution >= 4 is 57.7 Å². The highest BCUT2D eigenvalue weighted by molar-refractivity contribution is 7.96. The number of likely N-dealkylation sites (tertiary alicyclic amines) is 1. The number of hydrogen-bond donors (Lipinski definition) is 0. The molecule has 2 aliphatic heterocycles. The Bertz CT molecular complexity index is 2120. The Hall–Kier alpha value is -6.11. The highest BCUT2D eigenvalue weighted by atomic mass is 31.2. The molecule has 7 rings (SSSR count). The molecule has 0 aromatic heterocycles. The van der Waals surface area contributed by atoms with Gasteiger partial charge in [0.15, 0.2) is 5.78 Å². The Labute approximate surface area is 301 Å². The van der Waals surface area contributed by atoms with E-state index < -0.39 is 48.6 Å². The first kappa shape index (κ1) is 34.3. The fraction of sp³-hybridized carbons (Fsp3) is 0.116. The fourth-order valence-electron chi connectivity index (χ4n) is 7.32. The molecule has 3 atom stereocenters. The summed E-state index contributed by atoms with van der Waals surface area (Å²) in [5, 5.41) is 2.22. The minimum Gasteiger partial charge on any atom is -0.457 e. The largest absolute Gasteiger partial charge is 0.457 e. The Balaban J connectivity index is 1.56. The second-order valence-electron chi connectivity index (χ2n) is 12.6. The van der Waals surface area contributed by atoms with Crippen molar-refractivity contribution in [1.82, 2.24) is 9.80 Å². The molecule has 2 heterocycles. The van der Waals surface area contributed by atoms with E-state index in [2.05, 4.69) is 6.58 Å². The number of imide groups is 1. The number of Topliss-reactive ketones (excluding diaryl/α,β-unsaturated/α-hetero) is 1. The first-order valence-corrected chi connectivity index (χ1v) is 18.7. The first-order chi connectivity index (χ1) is 25.3. The van der Waals surface area contributed by atoms with Crippen molar-refractivity contribution in [3.8, 4) is 0 Å². The Morgan fingerprint density at radius 1 is 0.692 bits per heavy atom. The lowest BCUT2D eigenvalue weighted by molar-refractivity contribution is -0.159. The molecule has 0 spiro atoms. The predicted molar refractivity (Wildman–Crippen MR) is 202 cm³/mol. The smallest absolute Gasteiger partial charge is 0.356 e. The molecule has 5 aromatic rings. The molecule has 0 unspecified atom stereocenters. The average Bonchev–Trinajstić information content (AvgIpc) is 3.44. The van der Waals surface area contributed by atoms with Crippen molar-refractivity contribution < 1.29 is 28.7 Å². The van der Waals surface area contributed by atoms with Gasteiger partial charge in [-0.2, -0.15) is 0 Å². The lowest BCUT2D eigenvalue weighted by Crippen LogP contribution is -2.73. The third-order valence-electron chi connectivity index (χ3n) is 9.70. The maximum absolute atomic E-state index is 15.0. The van der Waals surface area contributed by atoms with Crippen LogP contribution >= 0.6 is 6.89 Å². The van der Waals surface area contributed by atoms with Crippen LogP contribution in [0.2, 0.25) is 0 Å². The molecule has 9 heteroatoms. The summed E-state index contributed by atoms with van der Waals surface area (Å²) in [6.07, 6.45) is 0.107. The number of β-lactam (4-membered cyclic amide) rings is 1. The first-order valence-electron chi connectivity index (χ1n) is 16.9. The van der Waals surface area contributed by atoms with E-state index in [9.17, 15) is 19.2 Å². The zero-order chi connectivity index (χ0) is 36.4. The van der Waals surface area contributed by atoms with Gasteiger partial charge in [0.25, 0.3) is 11.8 Å². The van der Waals surface area contributed by atoms with Gasteiger partial charge in [-0.05, 0) is 28.0 Å². The standard InChI is InChI=1S/C43H35N2O6P/c1-3-28-51-43(50)42(52(31-20-10-5-11-21-31,32-22-12-6-13-23-32)33-24-14-7-15-25-33)45-38(44-39(47)34-26-16-17-27-35(34)40(44)48)36(41(45)49)29(2)37(46)30-18-8-4-9-19-30/h3-27,29,36,38H,1,28H2,2H3/t29-,36-,38+/m0/s1. The fourth-order valence-corrected chi connectivity index (χ4v) is 11.7. The molecule has 0 radical (unpaired) electrons. The van der Waals surface area contributed by atoms with Crippen molar-refractivity contribution in [2.45, 2.75) is 13.1 Å². The number of fused-ring (bicyclic) bond motifs is 1. The molecule has 1 fully saturated rings. The molecule has 8 nitrogen and oxygen atoms in total. The third kappa shape index (κ3) is 5.52. The van der Waals surface area contributed by atoms with Crippen molar-refractivity contribution in [3.05, 3.63) is 175 Å². The summed E-state index contributed by atoms with van der Waals surface area (Å²) in [5.74, 6) is -5.07. The van der Waals surface area contributed by atoms with Gasteiger partial charge in [-0.1, -0.05) is 153 Å². The summed E-state index contributed by atoms with van der Waals surface area (Å²) in [5.41, 5.74) is 0.731. The Kier molecular flexibility index (Phi) is 9.41. The van der Waals surface area contributed by atoms with Crippen LogP contribution in [0, 0.1) is 11.8 Å². The average molecular weight is 707 g/mol. The second kappa shape index (κ2) is 14.3. The molecule has 3 amide bonds. The van der Waals surface area contributed by atoms with Crippen LogP contribution in [-0.4, -0.2) is 57.5 Å². The molecule has 258 valence electrons. The molecule has 52 heavy (non-hydrogen) atoms. The summed E-state index contributed by atoms with van der Waals surface area (Å²) < 4.78 is 5.85. The summed E-state index contributed by atoms with van der Waals surface area (Å²) in [4.78, 5) is 74.8. The van der Waals surface area contributed by atoms with Gasteiger partial charge in [0.1, 0.15) is 18.2 Å². The van der Waals surface area contributed by atoms with Crippen LogP contribution in [0.1, 0.15) is 38.0 Å². The number of rotatable bonds is 11. The number of carbonyl (C=O) groups is 5. The maximum Gasteiger partial charge on any atom is 0.356 e. The van der Waals surface area contributed by atoms with Gasteiger partial charge in [0.2, 0.25) is 5.91 Å².